The molecular formula is C10H14BrNO. The summed E-state index contributed by atoms with van der Waals surface area (Å²) in [5.41, 5.74) is 4.20. The number of hydrogen-bond acceptors (Lipinski definition) is 2. The van der Waals surface area contributed by atoms with Crippen molar-refractivity contribution < 1.29 is 4.84 Å². The van der Waals surface area contributed by atoms with Gasteiger partial charge in [-0.25, -0.2) is 0 Å². The van der Waals surface area contributed by atoms with Gasteiger partial charge in [0.2, 0.25) is 0 Å². The Labute approximate surface area is 87.4 Å². The third-order valence-corrected chi connectivity index (χ3v) is 2.47. The molecule has 0 saturated heterocycles. The van der Waals surface area contributed by atoms with Gasteiger partial charge in [-0.05, 0) is 24.1 Å². The maximum atomic E-state index is 4.92. The van der Waals surface area contributed by atoms with Crippen LogP contribution in [0, 0.1) is 0 Å². The summed E-state index contributed by atoms with van der Waals surface area (Å²) < 4.78 is 1.10. The fraction of sp³-hybridized carbons (Fsp3) is 0.400. The van der Waals surface area contributed by atoms with Crippen LogP contribution in [0.5, 0.6) is 0 Å². The van der Waals surface area contributed by atoms with E-state index in [0.717, 1.165) is 10.9 Å². The molecule has 0 saturated carbocycles. The zero-order valence-corrected chi connectivity index (χ0v) is 9.47. The van der Waals surface area contributed by atoms with E-state index in [1.807, 2.05) is 12.1 Å². The first-order valence-electron chi connectivity index (χ1n) is 4.32. The van der Waals surface area contributed by atoms with Gasteiger partial charge in [0.15, 0.2) is 0 Å². The number of rotatable bonds is 4. The van der Waals surface area contributed by atoms with Crippen molar-refractivity contribution in [3.8, 4) is 0 Å². The van der Waals surface area contributed by atoms with Crippen LogP contribution in [0.25, 0.3) is 0 Å². The topological polar surface area (TPSA) is 21.3 Å². The molecule has 3 heteroatoms. The van der Waals surface area contributed by atoms with Crippen LogP contribution in [0.3, 0.4) is 0 Å². The molecule has 0 aliphatic carbocycles. The molecule has 0 radical (unpaired) electrons. The Kier molecular flexibility index (Phi) is 4.42. The van der Waals surface area contributed by atoms with Crippen LogP contribution in [-0.4, -0.2) is 7.11 Å². The van der Waals surface area contributed by atoms with Crippen LogP contribution < -0.4 is 5.48 Å². The highest BCUT2D eigenvalue weighted by Crippen LogP contribution is 2.18. The van der Waals surface area contributed by atoms with Gasteiger partial charge in [0.05, 0.1) is 13.2 Å². The molecular weight excluding hydrogens is 230 g/mol. The molecule has 1 N–H and O–H groups in total. The first-order valence-corrected chi connectivity index (χ1v) is 5.11. The van der Waals surface area contributed by atoms with Gasteiger partial charge in [-0.1, -0.05) is 35.0 Å². The van der Waals surface area contributed by atoms with Crippen LogP contribution >= 0.6 is 15.9 Å². The van der Waals surface area contributed by atoms with Crippen LogP contribution in [0.4, 0.5) is 0 Å². The molecule has 0 bridgehead atoms. The highest BCUT2D eigenvalue weighted by Gasteiger charge is 2.07. The lowest BCUT2D eigenvalue weighted by Gasteiger charge is -2.15. The number of halogens is 1. The molecule has 72 valence electrons. The van der Waals surface area contributed by atoms with E-state index in [1.165, 1.54) is 5.56 Å². The number of hydroxylamine groups is 1. The summed E-state index contributed by atoms with van der Waals surface area (Å²) in [5, 5.41) is 0. The molecule has 1 atom stereocenters. The van der Waals surface area contributed by atoms with Crippen LogP contribution in [-0.2, 0) is 4.84 Å². The van der Waals surface area contributed by atoms with E-state index in [4.69, 9.17) is 4.84 Å². The fourth-order valence-corrected chi connectivity index (χ4v) is 1.49. The molecule has 13 heavy (non-hydrogen) atoms. The number of hydrogen-bond donors (Lipinski definition) is 1. The molecule has 1 unspecified atom stereocenters. The first kappa shape index (κ1) is 10.7. The number of nitrogens with one attached hydrogen (secondary N) is 1. The van der Waals surface area contributed by atoms with Crippen molar-refractivity contribution in [2.45, 2.75) is 19.4 Å². The average molecular weight is 244 g/mol. The second-order valence-corrected chi connectivity index (χ2v) is 3.75. The molecule has 0 heterocycles. The van der Waals surface area contributed by atoms with E-state index in [1.54, 1.807) is 7.11 Å². The van der Waals surface area contributed by atoms with Gasteiger partial charge in [0, 0.05) is 4.47 Å². The van der Waals surface area contributed by atoms with E-state index < -0.39 is 0 Å². The van der Waals surface area contributed by atoms with Crippen LogP contribution in [0.15, 0.2) is 28.7 Å². The fourth-order valence-electron chi connectivity index (χ4n) is 1.22. The maximum Gasteiger partial charge on any atom is 0.0572 e. The van der Waals surface area contributed by atoms with Crippen molar-refractivity contribution in [1.82, 2.24) is 5.48 Å². The molecule has 0 fully saturated rings. The van der Waals surface area contributed by atoms with E-state index in [0.29, 0.717) is 0 Å². The normalized spacial score (nSPS) is 12.8. The minimum Gasteiger partial charge on any atom is -0.305 e. The van der Waals surface area contributed by atoms with Crippen molar-refractivity contribution in [3.63, 3.8) is 0 Å². The average Bonchev–Trinajstić information content (AvgIpc) is 2.16. The zero-order valence-electron chi connectivity index (χ0n) is 7.88. The molecule has 0 aliphatic rings. The van der Waals surface area contributed by atoms with Gasteiger partial charge in [0.25, 0.3) is 0 Å². The summed E-state index contributed by atoms with van der Waals surface area (Å²) in [5.74, 6) is 0. The van der Waals surface area contributed by atoms with Crippen LogP contribution in [0.1, 0.15) is 24.9 Å². The molecule has 2 nitrogen and oxygen atoms in total. The van der Waals surface area contributed by atoms with E-state index in [-0.39, 0.29) is 6.04 Å². The lowest BCUT2D eigenvalue weighted by molar-refractivity contribution is 0.0593. The molecule has 1 aromatic carbocycles. The van der Waals surface area contributed by atoms with Crippen molar-refractivity contribution >= 4 is 15.9 Å². The Hall–Kier alpha value is -0.380. The second-order valence-electron chi connectivity index (χ2n) is 2.83. The Balaban J connectivity index is 2.73. The monoisotopic (exact) mass is 243 g/mol. The van der Waals surface area contributed by atoms with E-state index in [2.05, 4.69) is 40.5 Å². The summed E-state index contributed by atoms with van der Waals surface area (Å²) in [4.78, 5) is 4.92. The smallest absolute Gasteiger partial charge is 0.0572 e. The summed E-state index contributed by atoms with van der Waals surface area (Å²) in [6, 6.07) is 8.53. The van der Waals surface area contributed by atoms with Gasteiger partial charge in [0.1, 0.15) is 0 Å². The Bertz CT molecular complexity index is 248. The predicted molar refractivity (Wildman–Crippen MR) is 57.3 cm³/mol. The molecule has 1 rings (SSSR count). The largest absolute Gasteiger partial charge is 0.305 e. The summed E-state index contributed by atoms with van der Waals surface area (Å²) >= 11 is 3.40. The third kappa shape index (κ3) is 3.10. The maximum absolute atomic E-state index is 4.92. The van der Waals surface area contributed by atoms with Gasteiger partial charge < -0.3 is 4.84 Å². The molecule has 1 aromatic rings. The van der Waals surface area contributed by atoms with Crippen molar-refractivity contribution in [2.24, 2.45) is 0 Å². The molecule has 0 spiro atoms. The third-order valence-electron chi connectivity index (χ3n) is 1.94. The van der Waals surface area contributed by atoms with Crippen molar-refractivity contribution in [3.05, 3.63) is 34.3 Å². The first-order chi connectivity index (χ1) is 6.27. The molecule has 0 aromatic heterocycles. The zero-order chi connectivity index (χ0) is 9.68. The van der Waals surface area contributed by atoms with E-state index in [9.17, 15) is 0 Å². The standard InChI is InChI=1S/C10H14BrNO/c1-3-10(12-13-2)8-4-6-9(11)7-5-8/h4-7,10,12H,3H2,1-2H3. The van der Waals surface area contributed by atoms with Gasteiger partial charge >= 0.3 is 0 Å². The Morgan fingerprint density at radius 3 is 2.46 bits per heavy atom. The number of benzene rings is 1. The summed E-state index contributed by atoms with van der Waals surface area (Å²) in [6.45, 7) is 2.12. The van der Waals surface area contributed by atoms with Gasteiger partial charge in [-0.3, -0.25) is 0 Å². The minimum atomic E-state index is 0.276. The predicted octanol–water partition coefficient (Wildman–Crippen LogP) is 3.05. The lowest BCUT2D eigenvalue weighted by Crippen LogP contribution is -2.18. The van der Waals surface area contributed by atoms with Crippen LogP contribution in [0.2, 0.25) is 0 Å². The highest BCUT2D eigenvalue weighted by atomic mass is 79.9. The Morgan fingerprint density at radius 1 is 1.38 bits per heavy atom. The van der Waals surface area contributed by atoms with Crippen molar-refractivity contribution in [2.75, 3.05) is 7.11 Å². The minimum absolute atomic E-state index is 0.276. The van der Waals surface area contributed by atoms with Gasteiger partial charge in [-0.15, -0.1) is 0 Å². The SMILES string of the molecule is CCC(NOC)c1ccc(Br)cc1. The van der Waals surface area contributed by atoms with E-state index >= 15 is 0 Å². The van der Waals surface area contributed by atoms with Gasteiger partial charge in [-0.2, -0.15) is 5.48 Å². The summed E-state index contributed by atoms with van der Waals surface area (Å²) in [7, 11) is 1.64. The Morgan fingerprint density at radius 2 is 2.00 bits per heavy atom. The highest BCUT2D eigenvalue weighted by molar-refractivity contribution is 9.10. The quantitative estimate of drug-likeness (QED) is 0.822. The summed E-state index contributed by atoms with van der Waals surface area (Å²) in [6.07, 6.45) is 1.01. The molecule has 0 amide bonds. The second kappa shape index (κ2) is 5.37. The van der Waals surface area contributed by atoms with Crippen molar-refractivity contribution in [1.29, 1.82) is 0 Å². The lowest BCUT2D eigenvalue weighted by atomic mass is 10.1. The molecule has 0 aliphatic heterocycles.